The zero-order valence-corrected chi connectivity index (χ0v) is 14.2. The Bertz CT molecular complexity index is 977. The second-order valence-corrected chi connectivity index (χ2v) is 6.35. The summed E-state index contributed by atoms with van der Waals surface area (Å²) in [5.74, 6) is -0.504. The van der Waals surface area contributed by atoms with Gasteiger partial charge in [0.15, 0.2) is 0 Å². The third kappa shape index (κ3) is 3.30. The molecular weight excluding hydrogens is 333 g/mol. The summed E-state index contributed by atoms with van der Waals surface area (Å²) < 4.78 is 13.9. The van der Waals surface area contributed by atoms with E-state index in [4.69, 9.17) is 5.73 Å². The van der Waals surface area contributed by atoms with Crippen LogP contribution in [-0.4, -0.2) is 23.0 Å². The highest BCUT2D eigenvalue weighted by atomic mass is 19.1. The van der Waals surface area contributed by atoms with Gasteiger partial charge in [-0.15, -0.1) is 0 Å². The van der Waals surface area contributed by atoms with Crippen LogP contribution in [-0.2, 0) is 6.54 Å². The van der Waals surface area contributed by atoms with Gasteiger partial charge < -0.3 is 10.7 Å². The molecule has 26 heavy (non-hydrogen) atoms. The molecule has 0 amide bonds. The van der Waals surface area contributed by atoms with Crippen molar-refractivity contribution in [2.75, 3.05) is 18.8 Å². The summed E-state index contributed by atoms with van der Waals surface area (Å²) in [4.78, 5) is 16.7. The lowest BCUT2D eigenvalue weighted by atomic mass is 9.92. The van der Waals surface area contributed by atoms with Crippen LogP contribution in [0.1, 0.15) is 36.0 Å². The SMILES string of the molecule is N#Cc1c(N)[nH]c(=O)c(C#N)c1-c1ccc(F)cc1CN1CCCCC1. The largest absolute Gasteiger partial charge is 0.384 e. The van der Waals surface area contributed by atoms with Gasteiger partial charge in [-0.05, 0) is 49.2 Å². The minimum Gasteiger partial charge on any atom is -0.384 e. The molecule has 2 aromatic rings. The molecule has 1 saturated heterocycles. The molecule has 3 N–H and O–H groups in total. The molecule has 0 saturated carbocycles. The highest BCUT2D eigenvalue weighted by molar-refractivity contribution is 5.81. The first kappa shape index (κ1) is 17.7. The molecule has 1 aliphatic heterocycles. The van der Waals surface area contributed by atoms with Crippen LogP contribution in [0.5, 0.6) is 0 Å². The highest BCUT2D eigenvalue weighted by Gasteiger charge is 2.22. The van der Waals surface area contributed by atoms with Gasteiger partial charge in [-0.2, -0.15) is 10.5 Å². The van der Waals surface area contributed by atoms with Gasteiger partial charge in [-0.1, -0.05) is 12.5 Å². The molecule has 6 nitrogen and oxygen atoms in total. The van der Waals surface area contributed by atoms with Crippen LogP contribution < -0.4 is 11.3 Å². The molecule has 7 heteroatoms. The van der Waals surface area contributed by atoms with E-state index in [0.717, 1.165) is 25.9 Å². The predicted octanol–water partition coefficient (Wildman–Crippen LogP) is 2.49. The van der Waals surface area contributed by atoms with Crippen molar-refractivity contribution in [2.45, 2.75) is 25.8 Å². The maximum atomic E-state index is 13.9. The highest BCUT2D eigenvalue weighted by Crippen LogP contribution is 2.32. The summed E-state index contributed by atoms with van der Waals surface area (Å²) in [6, 6.07) is 7.96. The Balaban J connectivity index is 2.20. The number of nitrogens with zero attached hydrogens (tertiary/aromatic N) is 3. The van der Waals surface area contributed by atoms with Crippen molar-refractivity contribution in [3.63, 3.8) is 0 Å². The molecule has 0 radical (unpaired) electrons. The van der Waals surface area contributed by atoms with Gasteiger partial charge in [0, 0.05) is 12.1 Å². The van der Waals surface area contributed by atoms with Crippen molar-refractivity contribution in [3.05, 3.63) is 51.1 Å². The zero-order valence-electron chi connectivity index (χ0n) is 14.2. The summed E-state index contributed by atoms with van der Waals surface area (Å²) in [5, 5.41) is 18.9. The number of aromatic nitrogens is 1. The van der Waals surface area contributed by atoms with Crippen LogP contribution in [0.25, 0.3) is 11.1 Å². The number of hydrogen-bond donors (Lipinski definition) is 2. The number of nitrogen functional groups attached to an aromatic ring is 1. The van der Waals surface area contributed by atoms with E-state index in [1.807, 2.05) is 12.1 Å². The number of nitrogens with two attached hydrogens (primary N) is 1. The van der Waals surface area contributed by atoms with E-state index >= 15 is 0 Å². The minimum absolute atomic E-state index is 0.0210. The van der Waals surface area contributed by atoms with Crippen LogP contribution in [0, 0.1) is 28.5 Å². The number of nitriles is 2. The molecule has 0 aliphatic carbocycles. The van der Waals surface area contributed by atoms with Gasteiger partial charge in [0.2, 0.25) is 0 Å². The van der Waals surface area contributed by atoms with Gasteiger partial charge in [0.05, 0.1) is 0 Å². The number of rotatable bonds is 3. The summed E-state index contributed by atoms with van der Waals surface area (Å²) in [7, 11) is 0. The molecule has 132 valence electrons. The predicted molar refractivity (Wildman–Crippen MR) is 95.4 cm³/mol. The number of hydrogen-bond acceptors (Lipinski definition) is 5. The average molecular weight is 351 g/mol. The second kappa shape index (κ2) is 7.38. The number of aromatic amines is 1. The molecule has 0 bridgehead atoms. The Hall–Kier alpha value is -3.16. The number of H-pyrrole nitrogens is 1. The zero-order chi connectivity index (χ0) is 18.7. The van der Waals surface area contributed by atoms with Crippen molar-refractivity contribution in [1.29, 1.82) is 10.5 Å². The van der Waals surface area contributed by atoms with E-state index in [0.29, 0.717) is 17.7 Å². The monoisotopic (exact) mass is 351 g/mol. The van der Waals surface area contributed by atoms with Crippen LogP contribution in [0.2, 0.25) is 0 Å². The quantitative estimate of drug-likeness (QED) is 0.883. The lowest BCUT2D eigenvalue weighted by molar-refractivity contribution is 0.221. The third-order valence-corrected chi connectivity index (χ3v) is 4.65. The first-order valence-corrected chi connectivity index (χ1v) is 8.42. The number of piperidine rings is 1. The molecule has 1 aromatic carbocycles. The summed E-state index contributed by atoms with van der Waals surface area (Å²) >= 11 is 0. The molecule has 3 rings (SSSR count). The van der Waals surface area contributed by atoms with Crippen LogP contribution in [0.4, 0.5) is 10.2 Å². The fraction of sp³-hybridized carbons (Fsp3) is 0.316. The van der Waals surface area contributed by atoms with Crippen molar-refractivity contribution >= 4 is 5.82 Å². The van der Waals surface area contributed by atoms with E-state index in [9.17, 15) is 19.7 Å². The van der Waals surface area contributed by atoms with E-state index in [-0.39, 0.29) is 22.5 Å². The van der Waals surface area contributed by atoms with Gasteiger partial charge in [0.25, 0.3) is 5.56 Å². The Labute approximate surface area is 150 Å². The number of likely N-dealkylation sites (tertiary alicyclic amines) is 1. The summed E-state index contributed by atoms with van der Waals surface area (Å²) in [6.45, 7) is 2.29. The van der Waals surface area contributed by atoms with Crippen molar-refractivity contribution < 1.29 is 4.39 Å². The molecule has 1 aliphatic rings. The van der Waals surface area contributed by atoms with Gasteiger partial charge in [0.1, 0.15) is 34.9 Å². The Morgan fingerprint density at radius 1 is 1.15 bits per heavy atom. The molecule has 1 aromatic heterocycles. The van der Waals surface area contributed by atoms with Gasteiger partial charge in [-0.25, -0.2) is 4.39 Å². The number of anilines is 1. The van der Waals surface area contributed by atoms with Crippen LogP contribution >= 0.6 is 0 Å². The van der Waals surface area contributed by atoms with E-state index in [2.05, 4.69) is 9.88 Å². The maximum Gasteiger partial charge on any atom is 0.268 e. The number of halogens is 1. The second-order valence-electron chi connectivity index (χ2n) is 6.35. The van der Waals surface area contributed by atoms with E-state index in [1.165, 1.54) is 24.6 Å². The molecular formula is C19H18FN5O. The fourth-order valence-corrected chi connectivity index (χ4v) is 3.41. The summed E-state index contributed by atoms with van der Waals surface area (Å²) in [6.07, 6.45) is 3.33. The standard InChI is InChI=1S/C19H18FN5O/c20-13-4-5-14(12(8-13)11-25-6-2-1-3-7-25)17-15(9-21)18(23)24-19(26)16(17)10-22/h4-5,8H,1-3,6-7,11H2,(H3,23,24,26). The van der Waals surface area contributed by atoms with Crippen molar-refractivity contribution in [3.8, 4) is 23.3 Å². The van der Waals surface area contributed by atoms with Gasteiger partial charge >= 0.3 is 0 Å². The number of nitrogens with one attached hydrogen (secondary N) is 1. The van der Waals surface area contributed by atoms with E-state index < -0.39 is 11.4 Å². The Morgan fingerprint density at radius 2 is 1.85 bits per heavy atom. The molecule has 0 unspecified atom stereocenters. The third-order valence-electron chi connectivity index (χ3n) is 4.65. The molecule has 1 fully saturated rings. The lowest BCUT2D eigenvalue weighted by Crippen LogP contribution is -2.29. The molecule has 0 atom stereocenters. The summed E-state index contributed by atoms with van der Waals surface area (Å²) in [5.41, 5.74) is 6.24. The molecule has 0 spiro atoms. The van der Waals surface area contributed by atoms with Crippen LogP contribution in [0.3, 0.4) is 0 Å². The topological polar surface area (TPSA) is 110 Å². The Morgan fingerprint density at radius 3 is 2.50 bits per heavy atom. The smallest absolute Gasteiger partial charge is 0.268 e. The normalized spacial score (nSPS) is 14.6. The van der Waals surface area contributed by atoms with E-state index in [1.54, 1.807) is 0 Å². The Kier molecular flexibility index (Phi) is 5.01. The number of benzene rings is 1. The first-order valence-electron chi connectivity index (χ1n) is 8.42. The first-order chi connectivity index (χ1) is 12.5. The van der Waals surface area contributed by atoms with Gasteiger partial charge in [-0.3, -0.25) is 9.69 Å². The maximum absolute atomic E-state index is 13.9. The minimum atomic E-state index is -0.660. The lowest BCUT2D eigenvalue weighted by Gasteiger charge is -2.27. The van der Waals surface area contributed by atoms with Crippen molar-refractivity contribution in [2.24, 2.45) is 0 Å². The average Bonchev–Trinajstić information content (AvgIpc) is 2.62. The van der Waals surface area contributed by atoms with Crippen molar-refractivity contribution in [1.82, 2.24) is 9.88 Å². The van der Waals surface area contributed by atoms with Crippen LogP contribution in [0.15, 0.2) is 23.0 Å². The fourth-order valence-electron chi connectivity index (χ4n) is 3.41. The number of pyridine rings is 1. The molecule has 2 heterocycles.